The van der Waals surface area contributed by atoms with Crippen LogP contribution in [0.1, 0.15) is 17.3 Å². The van der Waals surface area contributed by atoms with Gasteiger partial charge >= 0.3 is 5.97 Å². The smallest absolute Gasteiger partial charge is 0.342 e. The third kappa shape index (κ3) is 3.66. The Morgan fingerprint density at radius 1 is 0.929 bits per heavy atom. The second-order valence-corrected chi connectivity index (χ2v) is 5.91. The van der Waals surface area contributed by atoms with Crippen LogP contribution >= 0.6 is 0 Å². The number of halogens is 4. The molecule has 0 radical (unpaired) electrons. The Morgan fingerprint density at radius 2 is 1.61 bits per heavy atom. The summed E-state index contributed by atoms with van der Waals surface area (Å²) in [7, 11) is 0. The molecule has 0 aliphatic carbocycles. The lowest BCUT2D eigenvalue weighted by Crippen LogP contribution is -2.30. The third-order valence-corrected chi connectivity index (χ3v) is 4.02. The van der Waals surface area contributed by atoms with Crippen molar-refractivity contribution in [2.24, 2.45) is 0 Å². The van der Waals surface area contributed by atoms with E-state index in [2.05, 4.69) is 5.32 Å². The lowest BCUT2D eigenvalue weighted by Gasteiger charge is -2.15. The number of hydrogen-bond donors (Lipinski definition) is 1. The molecule has 3 aromatic rings. The highest BCUT2D eigenvalue weighted by Gasteiger charge is 2.27. The monoisotopic (exact) mass is 391 g/mol. The minimum Gasteiger partial charge on any atom is -0.449 e. The molecule has 1 N–H and O–H groups in total. The summed E-state index contributed by atoms with van der Waals surface area (Å²) in [5, 5.41) is 4.18. The van der Waals surface area contributed by atoms with Crippen molar-refractivity contribution in [3.63, 3.8) is 0 Å². The minimum absolute atomic E-state index is 0.172. The van der Waals surface area contributed by atoms with Gasteiger partial charge in [-0.3, -0.25) is 4.79 Å². The molecule has 0 aliphatic rings. The van der Waals surface area contributed by atoms with Gasteiger partial charge in [0.1, 0.15) is 5.56 Å². The SMILES string of the molecule is C[C@H](OC(=O)c1cc(F)c(F)c(F)c1F)C(=O)Nc1cccc2ccccc12. The largest absolute Gasteiger partial charge is 0.449 e. The van der Waals surface area contributed by atoms with E-state index in [0.29, 0.717) is 5.69 Å². The summed E-state index contributed by atoms with van der Waals surface area (Å²) in [6.45, 7) is 1.20. The van der Waals surface area contributed by atoms with Crippen LogP contribution in [0.5, 0.6) is 0 Å². The number of hydrogen-bond acceptors (Lipinski definition) is 3. The number of fused-ring (bicyclic) bond motifs is 1. The molecule has 3 rings (SSSR count). The van der Waals surface area contributed by atoms with Crippen LogP contribution in [0.3, 0.4) is 0 Å². The predicted octanol–water partition coefficient (Wildman–Crippen LogP) is 4.58. The number of benzene rings is 3. The topological polar surface area (TPSA) is 55.4 Å². The Bertz CT molecular complexity index is 1080. The standard InChI is InChI=1S/C20H13F4NO3/c1-10(28-20(27)13-9-14(21)17(23)18(24)16(13)22)19(26)25-15-8-4-6-11-5-2-3-7-12(11)15/h2-10H,1H3,(H,25,26)/t10-/m0/s1. The predicted molar refractivity (Wildman–Crippen MR) is 93.7 cm³/mol. The molecule has 28 heavy (non-hydrogen) atoms. The zero-order chi connectivity index (χ0) is 20.4. The zero-order valence-electron chi connectivity index (χ0n) is 14.4. The molecule has 0 heterocycles. The van der Waals surface area contributed by atoms with Crippen LogP contribution in [0, 0.1) is 23.3 Å². The van der Waals surface area contributed by atoms with Gasteiger partial charge in [0.2, 0.25) is 0 Å². The molecular formula is C20H13F4NO3. The van der Waals surface area contributed by atoms with Crippen LogP contribution in [0.15, 0.2) is 48.5 Å². The molecule has 0 bridgehead atoms. The maximum atomic E-state index is 13.7. The Hall–Kier alpha value is -3.42. The first kappa shape index (κ1) is 19.3. The minimum atomic E-state index is -2.14. The second kappa shape index (κ2) is 7.67. The fourth-order valence-electron chi connectivity index (χ4n) is 2.57. The van der Waals surface area contributed by atoms with Crippen LogP contribution in [0.2, 0.25) is 0 Å². The molecule has 0 spiro atoms. The fraction of sp³-hybridized carbons (Fsp3) is 0.100. The molecular weight excluding hydrogens is 378 g/mol. The number of nitrogens with one attached hydrogen (secondary N) is 1. The fourth-order valence-corrected chi connectivity index (χ4v) is 2.57. The normalized spacial score (nSPS) is 11.9. The van der Waals surface area contributed by atoms with E-state index >= 15 is 0 Å². The van der Waals surface area contributed by atoms with Crippen molar-refractivity contribution < 1.29 is 31.9 Å². The van der Waals surface area contributed by atoms with E-state index < -0.39 is 46.8 Å². The van der Waals surface area contributed by atoms with Gasteiger partial charge in [0.25, 0.3) is 5.91 Å². The summed E-state index contributed by atoms with van der Waals surface area (Å²) in [5.74, 6) is -10.1. The van der Waals surface area contributed by atoms with E-state index in [1.54, 1.807) is 24.3 Å². The van der Waals surface area contributed by atoms with E-state index in [4.69, 9.17) is 4.74 Å². The van der Waals surface area contributed by atoms with Crippen LogP contribution in [-0.4, -0.2) is 18.0 Å². The van der Waals surface area contributed by atoms with Gasteiger partial charge in [-0.15, -0.1) is 0 Å². The van der Waals surface area contributed by atoms with Crippen molar-refractivity contribution in [1.29, 1.82) is 0 Å². The molecule has 8 heteroatoms. The molecule has 4 nitrogen and oxygen atoms in total. The molecule has 3 aromatic carbocycles. The van der Waals surface area contributed by atoms with Crippen LogP contribution < -0.4 is 5.32 Å². The Balaban J connectivity index is 1.77. The molecule has 0 aromatic heterocycles. The number of carbonyl (C=O) groups is 2. The number of carbonyl (C=O) groups excluding carboxylic acids is 2. The molecule has 0 aliphatic heterocycles. The first-order valence-corrected chi connectivity index (χ1v) is 8.12. The lowest BCUT2D eigenvalue weighted by molar-refractivity contribution is -0.123. The third-order valence-electron chi connectivity index (χ3n) is 4.02. The van der Waals surface area contributed by atoms with Gasteiger partial charge in [0, 0.05) is 11.1 Å². The van der Waals surface area contributed by atoms with E-state index in [1.165, 1.54) is 6.92 Å². The molecule has 0 fully saturated rings. The average Bonchev–Trinajstić information content (AvgIpc) is 2.69. The summed E-state index contributed by atoms with van der Waals surface area (Å²) in [4.78, 5) is 24.3. The molecule has 0 saturated carbocycles. The van der Waals surface area contributed by atoms with E-state index in [9.17, 15) is 27.2 Å². The van der Waals surface area contributed by atoms with Crippen molar-refractivity contribution in [2.75, 3.05) is 5.32 Å². The maximum absolute atomic E-state index is 13.7. The van der Waals surface area contributed by atoms with Gasteiger partial charge in [-0.1, -0.05) is 36.4 Å². The molecule has 1 amide bonds. The summed E-state index contributed by atoms with van der Waals surface area (Å²) >= 11 is 0. The number of anilines is 1. The lowest BCUT2D eigenvalue weighted by atomic mass is 10.1. The van der Waals surface area contributed by atoms with E-state index in [0.717, 1.165) is 10.8 Å². The van der Waals surface area contributed by atoms with Crippen LogP contribution in [0.4, 0.5) is 23.2 Å². The van der Waals surface area contributed by atoms with Crippen molar-refractivity contribution in [3.8, 4) is 0 Å². The highest BCUT2D eigenvalue weighted by molar-refractivity contribution is 6.04. The second-order valence-electron chi connectivity index (χ2n) is 5.91. The first-order valence-electron chi connectivity index (χ1n) is 8.12. The van der Waals surface area contributed by atoms with E-state index in [1.807, 2.05) is 18.2 Å². The number of rotatable bonds is 4. The highest BCUT2D eigenvalue weighted by atomic mass is 19.2. The molecule has 0 saturated heterocycles. The number of amides is 1. The van der Waals surface area contributed by atoms with Crippen LogP contribution in [0.25, 0.3) is 10.8 Å². The summed E-state index contributed by atoms with van der Waals surface area (Å²) in [6, 6.07) is 12.6. The highest BCUT2D eigenvalue weighted by Crippen LogP contribution is 2.24. The number of ether oxygens (including phenoxy) is 1. The Morgan fingerprint density at radius 3 is 2.36 bits per heavy atom. The number of esters is 1. The van der Waals surface area contributed by atoms with Crippen molar-refractivity contribution in [2.45, 2.75) is 13.0 Å². The summed E-state index contributed by atoms with van der Waals surface area (Å²) in [6.07, 6.45) is -1.41. The van der Waals surface area contributed by atoms with Crippen molar-refractivity contribution in [3.05, 3.63) is 77.4 Å². The van der Waals surface area contributed by atoms with Crippen molar-refractivity contribution >= 4 is 28.3 Å². The maximum Gasteiger partial charge on any atom is 0.342 e. The van der Waals surface area contributed by atoms with Crippen molar-refractivity contribution in [1.82, 2.24) is 0 Å². The van der Waals surface area contributed by atoms with Crippen LogP contribution in [-0.2, 0) is 9.53 Å². The molecule has 0 unspecified atom stereocenters. The van der Waals surface area contributed by atoms with E-state index in [-0.39, 0.29) is 6.07 Å². The molecule has 144 valence electrons. The summed E-state index contributed by atoms with van der Waals surface area (Å²) < 4.78 is 57.9. The Labute approximate surface area is 156 Å². The Kier molecular flexibility index (Phi) is 5.30. The van der Waals surface area contributed by atoms with Gasteiger partial charge < -0.3 is 10.1 Å². The van der Waals surface area contributed by atoms with Gasteiger partial charge in [0.05, 0.1) is 0 Å². The first-order chi connectivity index (χ1) is 13.3. The van der Waals surface area contributed by atoms with Gasteiger partial charge in [-0.05, 0) is 24.4 Å². The molecule has 1 atom stereocenters. The quantitative estimate of drug-likeness (QED) is 0.307. The zero-order valence-corrected chi connectivity index (χ0v) is 14.4. The average molecular weight is 391 g/mol. The summed E-state index contributed by atoms with van der Waals surface area (Å²) in [5.41, 5.74) is -0.697. The van der Waals surface area contributed by atoms with Gasteiger partial charge in [-0.2, -0.15) is 0 Å². The van der Waals surface area contributed by atoms with Gasteiger partial charge in [0.15, 0.2) is 29.4 Å². The van der Waals surface area contributed by atoms with Gasteiger partial charge in [-0.25, -0.2) is 22.4 Å².